The lowest BCUT2D eigenvalue weighted by atomic mass is 9.98. The van der Waals surface area contributed by atoms with Gasteiger partial charge in [0.15, 0.2) is 12.4 Å². The number of aromatic carboxylic acids is 1. The van der Waals surface area contributed by atoms with Crippen LogP contribution in [0.5, 0.6) is 5.75 Å². The summed E-state index contributed by atoms with van der Waals surface area (Å²) >= 11 is 0. The number of rotatable bonds is 31. The van der Waals surface area contributed by atoms with E-state index < -0.39 is 117 Å². The third-order valence-corrected chi connectivity index (χ3v) is 10.4. The number of ether oxygens (including phenoxy) is 6. The molecular formula is C43H66O20. The zero-order valence-electron chi connectivity index (χ0n) is 36.2. The Bertz CT molecular complexity index is 1590. The number of hydrogen-bond acceptors (Lipinski definition) is 18. The van der Waals surface area contributed by atoms with E-state index in [1.54, 1.807) is 19.1 Å². The zero-order valence-corrected chi connectivity index (χ0v) is 36.2. The molecule has 1 aliphatic rings. The molecule has 1 aromatic carbocycles. The molecule has 10 atom stereocenters. The Morgan fingerprint density at radius 3 is 1.86 bits per heavy atom. The third kappa shape index (κ3) is 19.9. The van der Waals surface area contributed by atoms with Crippen molar-refractivity contribution in [1.29, 1.82) is 0 Å². The molecule has 20 heteroatoms. The molecule has 0 spiro atoms. The predicted octanol–water partition coefficient (Wildman–Crippen LogP) is 2.45. The number of carbonyl (C=O) groups is 6. The summed E-state index contributed by atoms with van der Waals surface area (Å²) in [5, 5.41) is 81.1. The van der Waals surface area contributed by atoms with Gasteiger partial charge in [0.1, 0.15) is 61.0 Å². The topological polar surface area (TPSA) is 320 Å². The van der Waals surface area contributed by atoms with Gasteiger partial charge in [-0.1, -0.05) is 82.8 Å². The molecular weight excluding hydrogens is 836 g/mol. The molecule has 2 rings (SSSR count). The zero-order chi connectivity index (χ0) is 47.1. The molecule has 1 aromatic rings. The fourth-order valence-corrected chi connectivity index (χ4v) is 7.12. The number of hydrogen-bond donors (Lipinski definition) is 8. The van der Waals surface area contributed by atoms with E-state index >= 15 is 0 Å². The van der Waals surface area contributed by atoms with Crippen molar-refractivity contribution in [3.8, 4) is 5.75 Å². The number of phenols is 1. The summed E-state index contributed by atoms with van der Waals surface area (Å²) in [5.74, 6) is -7.47. The summed E-state index contributed by atoms with van der Waals surface area (Å²) in [7, 11) is 0. The van der Waals surface area contributed by atoms with E-state index in [1.807, 2.05) is 0 Å². The number of unbranched alkanes of at least 4 members (excludes halogenated alkanes) is 12. The first-order valence-corrected chi connectivity index (χ1v) is 21.5. The van der Waals surface area contributed by atoms with Crippen molar-refractivity contribution >= 4 is 35.8 Å². The molecule has 20 nitrogen and oxygen atoms in total. The molecule has 0 saturated carbocycles. The van der Waals surface area contributed by atoms with Gasteiger partial charge in [0.25, 0.3) is 0 Å². The second-order valence-electron chi connectivity index (χ2n) is 15.7. The number of carbonyl (C=O) groups excluding carboxylic acids is 4. The fraction of sp³-hybridized carbons (Fsp3) is 0.721. The lowest BCUT2D eigenvalue weighted by molar-refractivity contribution is -0.324. The quantitative estimate of drug-likeness (QED) is 0.0230. The highest BCUT2D eigenvalue weighted by Crippen LogP contribution is 2.28. The van der Waals surface area contributed by atoms with Crippen LogP contribution in [-0.2, 0) is 58.8 Å². The molecule has 1 fully saturated rings. The average Bonchev–Trinajstić information content (AvgIpc) is 3.21. The maximum absolute atomic E-state index is 13.3. The van der Waals surface area contributed by atoms with Gasteiger partial charge in [0.2, 0.25) is 6.10 Å². The lowest BCUT2D eigenvalue weighted by Gasteiger charge is -2.43. The Morgan fingerprint density at radius 2 is 1.33 bits per heavy atom. The van der Waals surface area contributed by atoms with Crippen LogP contribution < -0.4 is 0 Å². The molecule has 63 heavy (non-hydrogen) atoms. The summed E-state index contributed by atoms with van der Waals surface area (Å²) in [4.78, 5) is 71.6. The standard InChI is InChI=1S/C43H66O20/c1-25(18-15-13-11-9-7-5-4-6-8-10-12-14-16-19-28-20-17-21-29(47)34(28)41(55)56)59-42(57)39(60-26(2)45)37(53)36(52)31(24-58-33(50)22-32(48)49)63-43-40(61-27(3)46)38(54)35(51)30(23-44)62-43/h17,20-21,25,30-31,35-40,43-44,47,51-54H,4-16,18-19,22-24H2,1-3H3,(H,48,49)(H,55,56). The largest absolute Gasteiger partial charge is 0.507 e. The van der Waals surface area contributed by atoms with E-state index in [4.69, 9.17) is 33.5 Å². The van der Waals surface area contributed by atoms with Gasteiger partial charge in [-0.05, 0) is 44.2 Å². The van der Waals surface area contributed by atoms with E-state index in [9.17, 15) is 64.5 Å². The van der Waals surface area contributed by atoms with Crippen LogP contribution in [0.2, 0.25) is 0 Å². The Morgan fingerprint density at radius 1 is 0.762 bits per heavy atom. The van der Waals surface area contributed by atoms with Gasteiger partial charge >= 0.3 is 35.8 Å². The van der Waals surface area contributed by atoms with Crippen LogP contribution in [-0.4, -0.2) is 151 Å². The van der Waals surface area contributed by atoms with Gasteiger partial charge in [0, 0.05) is 13.8 Å². The molecule has 1 aliphatic heterocycles. The van der Waals surface area contributed by atoms with Crippen LogP contribution >= 0.6 is 0 Å². The second kappa shape index (κ2) is 29.1. The van der Waals surface area contributed by atoms with Crippen molar-refractivity contribution in [3.05, 3.63) is 29.3 Å². The fourth-order valence-electron chi connectivity index (χ4n) is 7.12. The number of aromatic hydroxyl groups is 1. The molecule has 1 heterocycles. The summed E-state index contributed by atoms with van der Waals surface area (Å²) in [6, 6.07) is 4.78. The van der Waals surface area contributed by atoms with Gasteiger partial charge in [-0.2, -0.15) is 0 Å². The van der Waals surface area contributed by atoms with Gasteiger partial charge in [-0.3, -0.25) is 19.2 Å². The van der Waals surface area contributed by atoms with Crippen molar-refractivity contribution in [2.75, 3.05) is 13.2 Å². The molecule has 8 N–H and O–H groups in total. The molecule has 0 bridgehead atoms. The Balaban J connectivity index is 1.83. The predicted molar refractivity (Wildman–Crippen MR) is 218 cm³/mol. The van der Waals surface area contributed by atoms with Crippen molar-refractivity contribution in [2.24, 2.45) is 0 Å². The van der Waals surface area contributed by atoms with Crippen molar-refractivity contribution in [1.82, 2.24) is 0 Å². The minimum Gasteiger partial charge on any atom is -0.507 e. The van der Waals surface area contributed by atoms with Gasteiger partial charge in [-0.25, -0.2) is 9.59 Å². The first-order chi connectivity index (χ1) is 29.9. The molecule has 0 radical (unpaired) electrons. The van der Waals surface area contributed by atoms with Crippen LogP contribution in [0, 0.1) is 0 Å². The highest BCUT2D eigenvalue weighted by atomic mass is 16.7. The van der Waals surface area contributed by atoms with Gasteiger partial charge in [0.05, 0.1) is 12.7 Å². The number of benzene rings is 1. The summed E-state index contributed by atoms with van der Waals surface area (Å²) < 4.78 is 31.4. The first kappa shape index (κ1) is 54.7. The highest BCUT2D eigenvalue weighted by Gasteiger charge is 2.50. The smallest absolute Gasteiger partial charge is 0.350 e. The average molecular weight is 903 g/mol. The van der Waals surface area contributed by atoms with E-state index in [2.05, 4.69) is 0 Å². The van der Waals surface area contributed by atoms with Gasteiger partial charge in [-0.15, -0.1) is 0 Å². The van der Waals surface area contributed by atoms with E-state index in [0.29, 0.717) is 24.8 Å². The summed E-state index contributed by atoms with van der Waals surface area (Å²) in [6.07, 6.45) is -5.34. The SMILES string of the molecule is CC(=O)OC(C(=O)OC(C)CCCCCCCCCCCCCCCc1cccc(O)c1C(=O)O)C(O)C(O)C(COC(=O)CC(=O)O)OC1OC(CO)C(O)C(O)C1OC(C)=O. The number of aliphatic hydroxyl groups excluding tert-OH is 5. The van der Waals surface area contributed by atoms with Crippen LogP contribution in [0.4, 0.5) is 0 Å². The number of carboxylic acids is 2. The molecule has 0 aromatic heterocycles. The van der Waals surface area contributed by atoms with Crippen LogP contribution in [0.15, 0.2) is 18.2 Å². The number of aryl methyl sites for hydroxylation is 1. The Hall–Kier alpha value is -4.44. The summed E-state index contributed by atoms with van der Waals surface area (Å²) in [6.45, 7) is 1.58. The van der Waals surface area contributed by atoms with Crippen LogP contribution in [0.3, 0.4) is 0 Å². The first-order valence-electron chi connectivity index (χ1n) is 21.5. The summed E-state index contributed by atoms with van der Waals surface area (Å²) in [5.41, 5.74) is 0.633. The highest BCUT2D eigenvalue weighted by molar-refractivity contribution is 5.92. The van der Waals surface area contributed by atoms with Crippen LogP contribution in [0.1, 0.15) is 133 Å². The van der Waals surface area contributed by atoms with Crippen molar-refractivity contribution < 1.29 is 98.0 Å². The number of aliphatic hydroxyl groups is 5. The minimum atomic E-state index is -2.34. The monoisotopic (exact) mass is 902 g/mol. The lowest BCUT2D eigenvalue weighted by Crippen LogP contribution is -2.62. The van der Waals surface area contributed by atoms with Crippen molar-refractivity contribution in [2.45, 2.75) is 185 Å². The molecule has 10 unspecified atom stereocenters. The molecule has 0 aliphatic carbocycles. The normalized spacial score (nSPS) is 21.0. The molecule has 358 valence electrons. The Kier molecular flexibility index (Phi) is 25.3. The molecule has 1 saturated heterocycles. The van der Waals surface area contributed by atoms with E-state index in [0.717, 1.165) is 90.9 Å². The van der Waals surface area contributed by atoms with Crippen molar-refractivity contribution in [3.63, 3.8) is 0 Å². The van der Waals surface area contributed by atoms with Gasteiger partial charge < -0.3 is 69.3 Å². The number of carboxylic acid groups (broad SMARTS) is 2. The maximum atomic E-state index is 13.3. The molecule has 0 amide bonds. The minimum absolute atomic E-state index is 0.0175. The Labute approximate surface area is 366 Å². The van der Waals surface area contributed by atoms with E-state index in [1.165, 1.54) is 6.07 Å². The number of esters is 4. The van der Waals surface area contributed by atoms with Crippen LogP contribution in [0.25, 0.3) is 0 Å². The maximum Gasteiger partial charge on any atom is 0.350 e. The third-order valence-electron chi connectivity index (χ3n) is 10.4. The second-order valence-corrected chi connectivity index (χ2v) is 15.7. The van der Waals surface area contributed by atoms with E-state index in [-0.39, 0.29) is 11.3 Å². The number of aliphatic carboxylic acids is 1.